The van der Waals surface area contributed by atoms with Crippen LogP contribution in [0.5, 0.6) is 0 Å². The Morgan fingerprint density at radius 3 is 2.12 bits per heavy atom. The van der Waals surface area contributed by atoms with Gasteiger partial charge in [0.25, 0.3) is 6.47 Å². The van der Waals surface area contributed by atoms with Crippen molar-refractivity contribution in [1.29, 1.82) is 0 Å². The van der Waals surface area contributed by atoms with E-state index in [4.69, 9.17) is 9.90 Å². The van der Waals surface area contributed by atoms with Crippen LogP contribution in [0.4, 0.5) is 0 Å². The zero-order chi connectivity index (χ0) is 6.41. The molecule has 0 atom stereocenters. The third-order valence-corrected chi connectivity index (χ3v) is 1.27. The second kappa shape index (κ2) is 4.62. The van der Waals surface area contributed by atoms with Gasteiger partial charge < -0.3 is 5.11 Å². The molecule has 0 radical (unpaired) electrons. The molecule has 0 aromatic rings. The Hall–Kier alpha value is -0.530. The van der Waals surface area contributed by atoms with Crippen LogP contribution in [-0.2, 0) is 4.79 Å². The number of rotatable bonds is 1. The Morgan fingerprint density at radius 1 is 1.75 bits per heavy atom. The van der Waals surface area contributed by atoms with E-state index in [0.717, 1.165) is 5.92 Å². The molecule has 0 amide bonds. The standard InChI is InChI=1S/C5H10.CH2O2/c1-2-5-3-4-5;2-1-3/h5H,2-4H2,1H3;1H,(H,2,3). The van der Waals surface area contributed by atoms with Crippen molar-refractivity contribution in [1.82, 2.24) is 0 Å². The molecule has 48 valence electrons. The van der Waals surface area contributed by atoms with E-state index in [1.807, 2.05) is 0 Å². The summed E-state index contributed by atoms with van der Waals surface area (Å²) in [5, 5.41) is 6.89. The van der Waals surface area contributed by atoms with Crippen molar-refractivity contribution in [3.63, 3.8) is 0 Å². The number of hydrogen-bond acceptors (Lipinski definition) is 1. The molecule has 0 bridgehead atoms. The van der Waals surface area contributed by atoms with Crippen molar-refractivity contribution >= 4 is 6.47 Å². The van der Waals surface area contributed by atoms with Gasteiger partial charge in [0, 0.05) is 0 Å². The van der Waals surface area contributed by atoms with Crippen molar-refractivity contribution in [2.24, 2.45) is 5.92 Å². The largest absolute Gasteiger partial charge is 0.483 e. The molecule has 1 saturated carbocycles. The summed E-state index contributed by atoms with van der Waals surface area (Å²) < 4.78 is 0. The highest BCUT2D eigenvalue weighted by Crippen LogP contribution is 2.31. The molecule has 0 aromatic carbocycles. The van der Waals surface area contributed by atoms with Crippen LogP contribution in [0.3, 0.4) is 0 Å². The molecule has 1 rings (SSSR count). The molecule has 0 saturated heterocycles. The average molecular weight is 116 g/mol. The fraction of sp³-hybridized carbons (Fsp3) is 0.833. The molecule has 1 fully saturated rings. The molecule has 0 unspecified atom stereocenters. The fourth-order valence-electron chi connectivity index (χ4n) is 0.526. The van der Waals surface area contributed by atoms with Crippen molar-refractivity contribution < 1.29 is 9.90 Å². The zero-order valence-corrected chi connectivity index (χ0v) is 5.13. The minimum absolute atomic E-state index is 0.250. The fourth-order valence-corrected chi connectivity index (χ4v) is 0.526. The van der Waals surface area contributed by atoms with Gasteiger partial charge in [-0.05, 0) is 5.92 Å². The van der Waals surface area contributed by atoms with Crippen molar-refractivity contribution in [3.05, 3.63) is 0 Å². The van der Waals surface area contributed by atoms with Crippen molar-refractivity contribution in [2.75, 3.05) is 0 Å². The highest BCUT2D eigenvalue weighted by Gasteiger charge is 2.17. The smallest absolute Gasteiger partial charge is 0.290 e. The van der Waals surface area contributed by atoms with Gasteiger partial charge >= 0.3 is 0 Å². The zero-order valence-electron chi connectivity index (χ0n) is 5.13. The molecule has 1 N–H and O–H groups in total. The molecule has 1 aliphatic carbocycles. The van der Waals surface area contributed by atoms with Gasteiger partial charge in [0.2, 0.25) is 0 Å². The normalized spacial score (nSPS) is 16.1. The SMILES string of the molecule is CCC1CC1.O=CO. The monoisotopic (exact) mass is 116 g/mol. The molecule has 0 aliphatic heterocycles. The van der Waals surface area contributed by atoms with Gasteiger partial charge in [-0.1, -0.05) is 26.2 Å². The minimum Gasteiger partial charge on any atom is -0.483 e. The van der Waals surface area contributed by atoms with Gasteiger partial charge in [0.15, 0.2) is 0 Å². The van der Waals surface area contributed by atoms with E-state index in [9.17, 15) is 0 Å². The Morgan fingerprint density at radius 2 is 2.12 bits per heavy atom. The first-order valence-corrected chi connectivity index (χ1v) is 2.93. The Labute approximate surface area is 49.5 Å². The number of carbonyl (C=O) groups is 1. The highest BCUT2D eigenvalue weighted by molar-refractivity contribution is 5.32. The maximum atomic E-state index is 8.36. The molecular formula is C6H12O2. The lowest BCUT2D eigenvalue weighted by Crippen LogP contribution is -1.59. The Balaban J connectivity index is 0.000000145. The Bertz CT molecular complexity index is 57.5. The van der Waals surface area contributed by atoms with E-state index >= 15 is 0 Å². The molecule has 0 spiro atoms. The first-order chi connectivity index (χ1) is 3.85. The summed E-state index contributed by atoms with van der Waals surface area (Å²) >= 11 is 0. The van der Waals surface area contributed by atoms with E-state index in [1.54, 1.807) is 0 Å². The van der Waals surface area contributed by atoms with Gasteiger partial charge in [-0.25, -0.2) is 0 Å². The molecule has 2 nitrogen and oxygen atoms in total. The van der Waals surface area contributed by atoms with E-state index in [1.165, 1.54) is 19.3 Å². The molecule has 8 heavy (non-hydrogen) atoms. The summed E-state index contributed by atoms with van der Waals surface area (Å²) in [6, 6.07) is 0. The third kappa shape index (κ3) is 5.47. The Kier molecular flexibility index (Phi) is 4.32. The maximum absolute atomic E-state index is 8.36. The lowest BCUT2D eigenvalue weighted by Gasteiger charge is -1.72. The van der Waals surface area contributed by atoms with E-state index < -0.39 is 0 Å². The second-order valence-electron chi connectivity index (χ2n) is 1.96. The summed E-state index contributed by atoms with van der Waals surface area (Å²) in [7, 11) is 0. The lowest BCUT2D eigenvalue weighted by atomic mass is 10.3. The summed E-state index contributed by atoms with van der Waals surface area (Å²) in [6.45, 7) is 2.01. The van der Waals surface area contributed by atoms with Crippen LogP contribution < -0.4 is 0 Å². The summed E-state index contributed by atoms with van der Waals surface area (Å²) in [6.07, 6.45) is 4.44. The quantitative estimate of drug-likeness (QED) is 0.527. The van der Waals surface area contributed by atoms with Crippen LogP contribution in [-0.4, -0.2) is 11.6 Å². The van der Waals surface area contributed by atoms with Crippen LogP contribution in [0, 0.1) is 5.92 Å². The van der Waals surface area contributed by atoms with E-state index in [0.29, 0.717) is 0 Å². The summed E-state index contributed by atoms with van der Waals surface area (Å²) in [4.78, 5) is 8.36. The average Bonchev–Trinajstić information content (AvgIpc) is 2.48. The molecule has 2 heteroatoms. The third-order valence-electron chi connectivity index (χ3n) is 1.27. The van der Waals surface area contributed by atoms with E-state index in [-0.39, 0.29) is 6.47 Å². The van der Waals surface area contributed by atoms with E-state index in [2.05, 4.69) is 6.92 Å². The van der Waals surface area contributed by atoms with Crippen LogP contribution in [0.1, 0.15) is 26.2 Å². The van der Waals surface area contributed by atoms with Gasteiger partial charge in [-0.3, -0.25) is 4.79 Å². The molecule has 1 aliphatic rings. The number of carboxylic acid groups (broad SMARTS) is 1. The maximum Gasteiger partial charge on any atom is 0.290 e. The van der Waals surface area contributed by atoms with Gasteiger partial charge in [-0.15, -0.1) is 0 Å². The summed E-state index contributed by atoms with van der Waals surface area (Å²) in [5.41, 5.74) is 0. The van der Waals surface area contributed by atoms with Crippen molar-refractivity contribution in [3.8, 4) is 0 Å². The highest BCUT2D eigenvalue weighted by atomic mass is 16.3. The van der Waals surface area contributed by atoms with Crippen LogP contribution in [0.2, 0.25) is 0 Å². The molecular weight excluding hydrogens is 104 g/mol. The van der Waals surface area contributed by atoms with Crippen LogP contribution >= 0.6 is 0 Å². The van der Waals surface area contributed by atoms with Crippen LogP contribution in [0.15, 0.2) is 0 Å². The van der Waals surface area contributed by atoms with Gasteiger partial charge in [0.1, 0.15) is 0 Å². The van der Waals surface area contributed by atoms with Gasteiger partial charge in [-0.2, -0.15) is 0 Å². The lowest BCUT2D eigenvalue weighted by molar-refractivity contribution is -0.122. The second-order valence-corrected chi connectivity index (χ2v) is 1.96. The first-order valence-electron chi connectivity index (χ1n) is 2.93. The predicted molar refractivity (Wildman–Crippen MR) is 31.7 cm³/mol. The number of hydrogen-bond donors (Lipinski definition) is 1. The van der Waals surface area contributed by atoms with Crippen LogP contribution in [0.25, 0.3) is 0 Å². The van der Waals surface area contributed by atoms with Crippen molar-refractivity contribution in [2.45, 2.75) is 26.2 Å². The molecule has 0 aromatic heterocycles. The topological polar surface area (TPSA) is 37.3 Å². The van der Waals surface area contributed by atoms with Gasteiger partial charge in [0.05, 0.1) is 0 Å². The first kappa shape index (κ1) is 7.47. The molecule has 0 heterocycles. The summed E-state index contributed by atoms with van der Waals surface area (Å²) in [5.74, 6) is 1.13. The predicted octanol–water partition coefficient (Wildman–Crippen LogP) is 1.51. The minimum atomic E-state index is -0.250.